The number of carbonyl (C=O) groups excluding carboxylic acids is 1. The molecule has 0 aliphatic carbocycles. The van der Waals surface area contributed by atoms with Gasteiger partial charge in [0, 0.05) is 16.5 Å². The normalized spacial score (nSPS) is 34.1. The summed E-state index contributed by atoms with van der Waals surface area (Å²) < 4.78 is 0. The van der Waals surface area contributed by atoms with Gasteiger partial charge >= 0.3 is 0 Å². The van der Waals surface area contributed by atoms with E-state index < -0.39 is 5.54 Å². The van der Waals surface area contributed by atoms with Crippen LogP contribution >= 0.6 is 11.8 Å². The van der Waals surface area contributed by atoms with Gasteiger partial charge < -0.3 is 5.32 Å². The molecule has 2 heterocycles. The standard InChI is InChI=1S/C11H19N3OS/c1-7-5-11(6-16-7)8(15)12-9(14-11)13-10(2,3)4/h7H,5-6H2,1-4H3,(H2,12,13,14,15). The number of rotatable bonds is 0. The van der Waals surface area contributed by atoms with Crippen LogP contribution in [0.1, 0.15) is 34.1 Å². The monoisotopic (exact) mass is 241 g/mol. The van der Waals surface area contributed by atoms with Crippen molar-refractivity contribution in [1.29, 1.82) is 0 Å². The molecule has 4 nitrogen and oxygen atoms in total. The minimum atomic E-state index is -0.502. The fourth-order valence-electron chi connectivity index (χ4n) is 2.04. The molecule has 2 rings (SSSR count). The fraction of sp³-hybridized carbons (Fsp3) is 0.818. The van der Waals surface area contributed by atoms with Crippen molar-refractivity contribution in [2.45, 2.75) is 50.4 Å². The van der Waals surface area contributed by atoms with E-state index in [9.17, 15) is 4.79 Å². The van der Waals surface area contributed by atoms with E-state index in [2.05, 4.69) is 43.3 Å². The van der Waals surface area contributed by atoms with Crippen LogP contribution in [-0.2, 0) is 4.79 Å². The number of guanidine groups is 1. The summed E-state index contributed by atoms with van der Waals surface area (Å²) >= 11 is 1.82. The summed E-state index contributed by atoms with van der Waals surface area (Å²) in [7, 11) is 0. The number of hydrogen-bond acceptors (Lipinski definition) is 4. The van der Waals surface area contributed by atoms with E-state index in [1.165, 1.54) is 0 Å². The van der Waals surface area contributed by atoms with Gasteiger partial charge in [-0.15, -0.1) is 0 Å². The Morgan fingerprint density at radius 2 is 2.25 bits per heavy atom. The van der Waals surface area contributed by atoms with Gasteiger partial charge in [-0.3, -0.25) is 10.1 Å². The minimum absolute atomic E-state index is 0.0519. The van der Waals surface area contributed by atoms with Gasteiger partial charge in [-0.05, 0) is 27.2 Å². The van der Waals surface area contributed by atoms with Crippen LogP contribution < -0.4 is 10.6 Å². The number of nitrogens with zero attached hydrogens (tertiary/aromatic N) is 1. The topological polar surface area (TPSA) is 53.5 Å². The van der Waals surface area contributed by atoms with Crippen LogP contribution in [0, 0.1) is 0 Å². The molecule has 2 unspecified atom stereocenters. The molecule has 0 aromatic heterocycles. The lowest BCUT2D eigenvalue weighted by Gasteiger charge is -2.21. The molecule has 90 valence electrons. The second kappa shape index (κ2) is 3.65. The maximum absolute atomic E-state index is 12.0. The smallest absolute Gasteiger partial charge is 0.255 e. The summed E-state index contributed by atoms with van der Waals surface area (Å²) in [5.41, 5.74) is -0.577. The van der Waals surface area contributed by atoms with Crippen molar-refractivity contribution in [3.05, 3.63) is 0 Å². The molecule has 0 aromatic carbocycles. The highest BCUT2D eigenvalue weighted by molar-refractivity contribution is 8.00. The molecule has 2 N–H and O–H groups in total. The zero-order chi connectivity index (χ0) is 12.0. The van der Waals surface area contributed by atoms with Crippen molar-refractivity contribution in [2.24, 2.45) is 4.99 Å². The average molecular weight is 241 g/mol. The van der Waals surface area contributed by atoms with E-state index in [-0.39, 0.29) is 11.4 Å². The molecule has 5 heteroatoms. The van der Waals surface area contributed by atoms with Gasteiger partial charge in [0.1, 0.15) is 0 Å². The summed E-state index contributed by atoms with van der Waals surface area (Å²) in [5, 5.41) is 6.59. The van der Waals surface area contributed by atoms with Crippen LogP contribution in [0.2, 0.25) is 0 Å². The Balaban J connectivity index is 2.14. The summed E-state index contributed by atoms with van der Waals surface area (Å²) in [6.07, 6.45) is 0.846. The molecule has 16 heavy (non-hydrogen) atoms. The number of hydrogen-bond donors (Lipinski definition) is 2. The lowest BCUT2D eigenvalue weighted by Crippen LogP contribution is -2.47. The molecule has 1 saturated heterocycles. The van der Waals surface area contributed by atoms with Crippen molar-refractivity contribution < 1.29 is 4.79 Å². The maximum atomic E-state index is 12.0. The molecule has 0 radical (unpaired) electrons. The molecule has 0 bridgehead atoms. The maximum Gasteiger partial charge on any atom is 0.255 e. The zero-order valence-corrected chi connectivity index (χ0v) is 11.1. The second-order valence-corrected chi connectivity index (χ2v) is 7.07. The van der Waals surface area contributed by atoms with E-state index in [0.29, 0.717) is 11.2 Å². The first-order valence-electron chi connectivity index (χ1n) is 5.62. The third kappa shape index (κ3) is 2.19. The first-order chi connectivity index (χ1) is 7.31. The number of nitrogens with one attached hydrogen (secondary N) is 2. The highest BCUT2D eigenvalue weighted by atomic mass is 32.2. The molecule has 0 saturated carbocycles. The quantitative estimate of drug-likeness (QED) is 0.668. The summed E-state index contributed by atoms with van der Waals surface area (Å²) in [6.45, 7) is 8.31. The third-order valence-corrected chi connectivity index (χ3v) is 4.09. The van der Waals surface area contributed by atoms with E-state index in [0.717, 1.165) is 12.2 Å². The second-order valence-electron chi connectivity index (χ2n) is 5.65. The minimum Gasteiger partial charge on any atom is -0.351 e. The molecule has 1 spiro atoms. The number of thioether (sulfide) groups is 1. The number of aliphatic imine (C=N–C) groups is 1. The lowest BCUT2D eigenvalue weighted by molar-refractivity contribution is -0.123. The van der Waals surface area contributed by atoms with Crippen molar-refractivity contribution in [1.82, 2.24) is 10.6 Å². The highest BCUT2D eigenvalue weighted by Gasteiger charge is 2.48. The molecule has 0 aromatic rings. The largest absolute Gasteiger partial charge is 0.351 e. The van der Waals surface area contributed by atoms with Crippen LogP contribution in [0.5, 0.6) is 0 Å². The zero-order valence-electron chi connectivity index (χ0n) is 10.3. The molecular weight excluding hydrogens is 222 g/mol. The fourth-order valence-corrected chi connectivity index (χ4v) is 3.31. The third-order valence-electron chi connectivity index (χ3n) is 2.71. The molecule has 2 aliphatic rings. The summed E-state index contributed by atoms with van der Waals surface area (Å²) in [4.78, 5) is 16.5. The summed E-state index contributed by atoms with van der Waals surface area (Å²) in [6, 6.07) is 0. The van der Waals surface area contributed by atoms with Gasteiger partial charge in [0.2, 0.25) is 0 Å². The van der Waals surface area contributed by atoms with E-state index >= 15 is 0 Å². The van der Waals surface area contributed by atoms with Crippen molar-refractivity contribution in [3.63, 3.8) is 0 Å². The number of amides is 1. The van der Waals surface area contributed by atoms with Crippen LogP contribution in [0.4, 0.5) is 0 Å². The molecule has 2 aliphatic heterocycles. The number of carbonyl (C=O) groups is 1. The van der Waals surface area contributed by atoms with Crippen LogP contribution in [0.15, 0.2) is 4.99 Å². The molecule has 1 fully saturated rings. The van der Waals surface area contributed by atoms with Gasteiger partial charge in [0.15, 0.2) is 11.5 Å². The predicted octanol–water partition coefficient (Wildman–Crippen LogP) is 1.12. The van der Waals surface area contributed by atoms with Gasteiger partial charge in [0.25, 0.3) is 5.91 Å². The Kier molecular flexibility index (Phi) is 2.69. The Bertz CT molecular complexity index is 348. The van der Waals surface area contributed by atoms with E-state index in [4.69, 9.17) is 0 Å². The van der Waals surface area contributed by atoms with Crippen molar-refractivity contribution in [2.75, 3.05) is 5.75 Å². The Morgan fingerprint density at radius 3 is 2.75 bits per heavy atom. The van der Waals surface area contributed by atoms with Gasteiger partial charge in [-0.2, -0.15) is 11.8 Å². The molecular formula is C11H19N3OS. The van der Waals surface area contributed by atoms with Crippen LogP contribution in [0.3, 0.4) is 0 Å². The Labute approximate surface area is 101 Å². The first kappa shape index (κ1) is 11.8. The lowest BCUT2D eigenvalue weighted by atomic mass is 9.97. The van der Waals surface area contributed by atoms with E-state index in [1.54, 1.807) is 0 Å². The van der Waals surface area contributed by atoms with Crippen LogP contribution in [-0.4, -0.2) is 33.9 Å². The molecule has 2 atom stereocenters. The van der Waals surface area contributed by atoms with E-state index in [1.807, 2.05) is 11.8 Å². The van der Waals surface area contributed by atoms with Gasteiger partial charge in [-0.1, -0.05) is 6.92 Å². The van der Waals surface area contributed by atoms with Crippen LogP contribution in [0.25, 0.3) is 0 Å². The van der Waals surface area contributed by atoms with Gasteiger partial charge in [-0.25, -0.2) is 4.99 Å². The van der Waals surface area contributed by atoms with Crippen molar-refractivity contribution in [3.8, 4) is 0 Å². The first-order valence-corrected chi connectivity index (χ1v) is 6.67. The highest BCUT2D eigenvalue weighted by Crippen LogP contribution is 2.39. The van der Waals surface area contributed by atoms with Crippen molar-refractivity contribution >= 4 is 23.6 Å². The average Bonchev–Trinajstić information content (AvgIpc) is 2.56. The summed E-state index contributed by atoms with van der Waals surface area (Å²) in [5.74, 6) is 1.48. The predicted molar refractivity (Wildman–Crippen MR) is 67.7 cm³/mol. The molecule has 1 amide bonds. The Morgan fingerprint density at radius 1 is 1.56 bits per heavy atom. The van der Waals surface area contributed by atoms with Gasteiger partial charge in [0.05, 0.1) is 0 Å². The Hall–Kier alpha value is -0.710. The SMILES string of the molecule is CC1CC2(CS1)N=C(NC(C)(C)C)NC2=O.